The summed E-state index contributed by atoms with van der Waals surface area (Å²) in [7, 11) is 0. The number of benzene rings is 1. The van der Waals surface area contributed by atoms with E-state index >= 15 is 0 Å². The van der Waals surface area contributed by atoms with Gasteiger partial charge in [0.2, 0.25) is 0 Å². The lowest BCUT2D eigenvalue weighted by Gasteiger charge is -1.96. The van der Waals surface area contributed by atoms with Crippen LogP contribution < -0.4 is 5.43 Å². The molecule has 0 spiro atoms. The smallest absolute Gasteiger partial charge is 0.307 e. The molecule has 1 N–H and O–H groups in total. The Balaban J connectivity index is 1.65. The van der Waals surface area contributed by atoms with Gasteiger partial charge in [0.15, 0.2) is 5.76 Å². The third-order valence-corrected chi connectivity index (χ3v) is 3.11. The van der Waals surface area contributed by atoms with Crippen molar-refractivity contribution in [1.29, 1.82) is 0 Å². The second-order valence-corrected chi connectivity index (χ2v) is 4.82. The first kappa shape index (κ1) is 14.2. The molecule has 6 heteroatoms. The Labute approximate surface area is 131 Å². The molecule has 0 fully saturated rings. The van der Waals surface area contributed by atoms with E-state index in [0.29, 0.717) is 16.5 Å². The largest absolute Gasteiger partial charge is 0.459 e. The summed E-state index contributed by atoms with van der Waals surface area (Å²) < 4.78 is 10.6. The van der Waals surface area contributed by atoms with Crippen molar-refractivity contribution >= 4 is 23.7 Å². The number of hydrazone groups is 1. The lowest BCUT2D eigenvalue weighted by molar-refractivity contribution is 0.0927. The molecule has 0 aliphatic carbocycles. The van der Waals surface area contributed by atoms with Crippen molar-refractivity contribution in [3.05, 3.63) is 71.3 Å². The number of halogens is 1. The van der Waals surface area contributed by atoms with Gasteiger partial charge in [-0.05, 0) is 48.5 Å². The van der Waals surface area contributed by atoms with Crippen LogP contribution in [0.15, 0.2) is 68.7 Å². The van der Waals surface area contributed by atoms with Crippen LogP contribution in [0.4, 0.5) is 0 Å². The number of carbonyl (C=O) groups is 1. The molecule has 1 amide bonds. The number of carbonyl (C=O) groups excluding carboxylic acids is 1. The van der Waals surface area contributed by atoms with Gasteiger partial charge in [0, 0.05) is 10.6 Å². The van der Waals surface area contributed by atoms with Gasteiger partial charge in [-0.1, -0.05) is 11.6 Å². The zero-order valence-electron chi connectivity index (χ0n) is 11.3. The number of hydrogen-bond acceptors (Lipinski definition) is 4. The van der Waals surface area contributed by atoms with Crippen LogP contribution >= 0.6 is 11.6 Å². The highest BCUT2D eigenvalue weighted by atomic mass is 35.5. The SMILES string of the molecule is O=C(N/N=C\c1ccc(-c2ccc(Cl)cc2)o1)c1ccco1. The Hall–Kier alpha value is -2.79. The number of nitrogens with zero attached hydrogens (tertiary/aromatic N) is 1. The average molecular weight is 315 g/mol. The first-order valence-electron chi connectivity index (χ1n) is 6.45. The minimum absolute atomic E-state index is 0.193. The molecule has 0 atom stereocenters. The molecule has 0 aliphatic rings. The van der Waals surface area contributed by atoms with Crippen molar-refractivity contribution in [2.75, 3.05) is 0 Å². The van der Waals surface area contributed by atoms with Crippen molar-refractivity contribution < 1.29 is 13.6 Å². The molecule has 2 heterocycles. The van der Waals surface area contributed by atoms with Crippen LogP contribution in [-0.2, 0) is 0 Å². The topological polar surface area (TPSA) is 67.7 Å². The maximum atomic E-state index is 11.6. The maximum Gasteiger partial charge on any atom is 0.307 e. The molecule has 3 aromatic rings. The van der Waals surface area contributed by atoms with Crippen molar-refractivity contribution in [1.82, 2.24) is 5.43 Å². The van der Waals surface area contributed by atoms with E-state index in [0.717, 1.165) is 5.56 Å². The molecule has 0 aliphatic heterocycles. The van der Waals surface area contributed by atoms with Crippen LogP contribution in [-0.4, -0.2) is 12.1 Å². The second-order valence-electron chi connectivity index (χ2n) is 4.39. The summed E-state index contributed by atoms with van der Waals surface area (Å²) in [5.74, 6) is 0.976. The fourth-order valence-corrected chi connectivity index (χ4v) is 1.93. The molecule has 1 aromatic carbocycles. The maximum absolute atomic E-state index is 11.6. The summed E-state index contributed by atoms with van der Waals surface area (Å²) in [6.07, 6.45) is 2.84. The van der Waals surface area contributed by atoms with E-state index in [1.54, 1.807) is 30.3 Å². The number of amides is 1. The normalized spacial score (nSPS) is 11.0. The highest BCUT2D eigenvalue weighted by Gasteiger charge is 2.06. The van der Waals surface area contributed by atoms with E-state index in [1.165, 1.54) is 12.5 Å². The molecular weight excluding hydrogens is 304 g/mol. The van der Waals surface area contributed by atoms with Gasteiger partial charge in [-0.3, -0.25) is 4.79 Å². The highest BCUT2D eigenvalue weighted by molar-refractivity contribution is 6.30. The van der Waals surface area contributed by atoms with Gasteiger partial charge in [-0.15, -0.1) is 0 Å². The summed E-state index contributed by atoms with van der Waals surface area (Å²) in [5.41, 5.74) is 3.26. The van der Waals surface area contributed by atoms with Gasteiger partial charge in [0.1, 0.15) is 11.5 Å². The predicted octanol–water partition coefficient (Wildman–Crippen LogP) is 3.96. The first-order chi connectivity index (χ1) is 10.7. The quantitative estimate of drug-likeness (QED) is 0.585. The monoisotopic (exact) mass is 314 g/mol. The number of furan rings is 2. The van der Waals surface area contributed by atoms with E-state index in [4.69, 9.17) is 20.4 Å². The molecule has 110 valence electrons. The second kappa shape index (κ2) is 6.32. The van der Waals surface area contributed by atoms with Gasteiger partial charge in [-0.25, -0.2) is 5.43 Å². The van der Waals surface area contributed by atoms with E-state index < -0.39 is 5.91 Å². The number of hydrogen-bond donors (Lipinski definition) is 1. The van der Waals surface area contributed by atoms with Gasteiger partial charge in [-0.2, -0.15) is 5.10 Å². The lowest BCUT2D eigenvalue weighted by Crippen LogP contribution is -2.16. The van der Waals surface area contributed by atoms with Gasteiger partial charge in [0.25, 0.3) is 0 Å². The average Bonchev–Trinajstić information content (AvgIpc) is 3.19. The summed E-state index contributed by atoms with van der Waals surface area (Å²) >= 11 is 5.85. The molecule has 0 bridgehead atoms. The van der Waals surface area contributed by atoms with Crippen LogP contribution in [0.1, 0.15) is 16.3 Å². The molecule has 2 aromatic heterocycles. The van der Waals surface area contributed by atoms with Crippen LogP contribution in [0.25, 0.3) is 11.3 Å². The Bertz CT molecular complexity index is 789. The summed E-state index contributed by atoms with van der Waals surface area (Å²) in [5, 5.41) is 4.48. The highest BCUT2D eigenvalue weighted by Crippen LogP contribution is 2.23. The molecule has 3 rings (SSSR count). The Morgan fingerprint density at radius 2 is 1.95 bits per heavy atom. The third-order valence-electron chi connectivity index (χ3n) is 2.86. The van der Waals surface area contributed by atoms with Crippen LogP contribution in [0, 0.1) is 0 Å². The first-order valence-corrected chi connectivity index (χ1v) is 6.83. The summed E-state index contributed by atoms with van der Waals surface area (Å²) in [6, 6.07) is 14.1. The van der Waals surface area contributed by atoms with Crippen molar-refractivity contribution in [3.63, 3.8) is 0 Å². The van der Waals surface area contributed by atoms with Crippen LogP contribution in [0.3, 0.4) is 0 Å². The van der Waals surface area contributed by atoms with Crippen molar-refractivity contribution in [2.45, 2.75) is 0 Å². The molecule has 0 saturated carbocycles. The Morgan fingerprint density at radius 3 is 2.68 bits per heavy atom. The van der Waals surface area contributed by atoms with E-state index in [1.807, 2.05) is 18.2 Å². The minimum atomic E-state index is -0.425. The zero-order chi connectivity index (χ0) is 15.4. The zero-order valence-corrected chi connectivity index (χ0v) is 12.1. The minimum Gasteiger partial charge on any atom is -0.459 e. The van der Waals surface area contributed by atoms with Crippen LogP contribution in [0.5, 0.6) is 0 Å². The lowest BCUT2D eigenvalue weighted by atomic mass is 10.2. The molecule has 0 radical (unpaired) electrons. The van der Waals surface area contributed by atoms with Crippen LogP contribution in [0.2, 0.25) is 5.02 Å². The molecule has 0 saturated heterocycles. The number of nitrogens with one attached hydrogen (secondary N) is 1. The van der Waals surface area contributed by atoms with Gasteiger partial charge in [0.05, 0.1) is 12.5 Å². The number of rotatable bonds is 4. The Morgan fingerprint density at radius 1 is 1.14 bits per heavy atom. The molecular formula is C16H11ClN2O3. The molecule has 5 nitrogen and oxygen atoms in total. The van der Waals surface area contributed by atoms with Crippen molar-refractivity contribution in [3.8, 4) is 11.3 Å². The van der Waals surface area contributed by atoms with Gasteiger partial charge < -0.3 is 8.83 Å². The van der Waals surface area contributed by atoms with E-state index in [-0.39, 0.29) is 5.76 Å². The summed E-state index contributed by atoms with van der Waals surface area (Å²) in [6.45, 7) is 0. The summed E-state index contributed by atoms with van der Waals surface area (Å²) in [4.78, 5) is 11.6. The Kier molecular flexibility index (Phi) is 4.07. The predicted molar refractivity (Wildman–Crippen MR) is 82.9 cm³/mol. The third kappa shape index (κ3) is 3.27. The molecule has 0 unspecified atom stereocenters. The van der Waals surface area contributed by atoms with Crippen molar-refractivity contribution in [2.24, 2.45) is 5.10 Å². The van der Waals surface area contributed by atoms with E-state index in [9.17, 15) is 4.79 Å². The fraction of sp³-hybridized carbons (Fsp3) is 0. The molecule has 22 heavy (non-hydrogen) atoms. The fourth-order valence-electron chi connectivity index (χ4n) is 1.81. The van der Waals surface area contributed by atoms with E-state index in [2.05, 4.69) is 10.5 Å². The van der Waals surface area contributed by atoms with Gasteiger partial charge >= 0.3 is 5.91 Å². The standard InChI is InChI=1S/C16H11ClN2O3/c17-12-5-3-11(4-6-12)14-8-7-13(22-14)10-18-19-16(20)15-2-1-9-21-15/h1-10H,(H,19,20)/b18-10-.